The second-order valence-electron chi connectivity index (χ2n) is 7.58. The maximum Gasteiger partial charge on any atom is 0.317 e. The molecule has 150 valence electrons. The minimum absolute atomic E-state index is 0.0277. The monoisotopic (exact) mass is 385 g/mol. The number of nitrogens with zero attached hydrogens (tertiary/aromatic N) is 3. The molecule has 2 aromatic rings. The molecule has 2 unspecified atom stereocenters. The Hall–Kier alpha value is -2.45. The van der Waals surface area contributed by atoms with Gasteiger partial charge in [0.05, 0.1) is 29.6 Å². The molecule has 8 nitrogen and oxygen atoms in total. The van der Waals surface area contributed by atoms with Gasteiger partial charge in [0.25, 0.3) is 5.56 Å². The van der Waals surface area contributed by atoms with Crippen molar-refractivity contribution in [3.05, 3.63) is 40.4 Å². The number of benzene rings is 1. The average Bonchev–Trinajstić information content (AvgIpc) is 3.23. The molecule has 2 atom stereocenters. The molecule has 0 spiro atoms. The van der Waals surface area contributed by atoms with E-state index in [0.717, 1.165) is 32.5 Å². The van der Waals surface area contributed by atoms with E-state index in [2.05, 4.69) is 20.2 Å². The minimum Gasteiger partial charge on any atom is -0.376 e. The molecule has 28 heavy (non-hydrogen) atoms. The highest BCUT2D eigenvalue weighted by molar-refractivity contribution is 5.77. The first-order valence-electron chi connectivity index (χ1n) is 9.97. The zero-order valence-electron chi connectivity index (χ0n) is 16.2. The van der Waals surface area contributed by atoms with Crippen molar-refractivity contribution in [3.8, 4) is 0 Å². The summed E-state index contributed by atoms with van der Waals surface area (Å²) in [5.41, 5.74) is 0.601. The molecule has 8 heteroatoms. The molecule has 3 heterocycles. The summed E-state index contributed by atoms with van der Waals surface area (Å²) in [6, 6.07) is 7.35. The molecule has 0 saturated carbocycles. The number of piperazine rings is 1. The molecular weight excluding hydrogens is 358 g/mol. The summed E-state index contributed by atoms with van der Waals surface area (Å²) in [5, 5.41) is 3.67. The van der Waals surface area contributed by atoms with Gasteiger partial charge in [-0.1, -0.05) is 12.1 Å². The molecule has 0 bridgehead atoms. The largest absolute Gasteiger partial charge is 0.376 e. The zero-order valence-corrected chi connectivity index (χ0v) is 16.2. The lowest BCUT2D eigenvalue weighted by Crippen LogP contribution is -2.54. The third-order valence-electron chi connectivity index (χ3n) is 5.57. The number of nitrogens with one attached hydrogen (secondary N) is 2. The Labute approximate surface area is 163 Å². The maximum absolute atomic E-state index is 12.5. The maximum atomic E-state index is 12.5. The highest BCUT2D eigenvalue weighted by Crippen LogP contribution is 2.16. The van der Waals surface area contributed by atoms with Crippen LogP contribution in [-0.4, -0.2) is 70.7 Å². The van der Waals surface area contributed by atoms with E-state index in [1.807, 2.05) is 30.0 Å². The second kappa shape index (κ2) is 8.28. The van der Waals surface area contributed by atoms with E-state index < -0.39 is 0 Å². The smallest absolute Gasteiger partial charge is 0.317 e. The highest BCUT2D eigenvalue weighted by Gasteiger charge is 2.27. The van der Waals surface area contributed by atoms with E-state index >= 15 is 0 Å². The van der Waals surface area contributed by atoms with Crippen LogP contribution < -0.4 is 10.9 Å². The predicted molar refractivity (Wildman–Crippen MR) is 106 cm³/mol. The van der Waals surface area contributed by atoms with Gasteiger partial charge in [-0.05, 0) is 31.9 Å². The van der Waals surface area contributed by atoms with Crippen molar-refractivity contribution in [2.75, 3.05) is 32.8 Å². The van der Waals surface area contributed by atoms with Crippen molar-refractivity contribution in [2.45, 2.75) is 38.5 Å². The number of aromatic amines is 1. The molecule has 2 saturated heterocycles. The lowest BCUT2D eigenvalue weighted by atomic mass is 10.1. The van der Waals surface area contributed by atoms with Gasteiger partial charge in [-0.3, -0.25) is 9.69 Å². The van der Waals surface area contributed by atoms with Crippen LogP contribution in [0.1, 0.15) is 25.6 Å². The van der Waals surface area contributed by atoms with Crippen LogP contribution in [0.2, 0.25) is 0 Å². The van der Waals surface area contributed by atoms with Crippen LogP contribution >= 0.6 is 0 Å². The van der Waals surface area contributed by atoms with E-state index in [-0.39, 0.29) is 23.7 Å². The molecule has 2 aliphatic rings. The van der Waals surface area contributed by atoms with Gasteiger partial charge in [0.2, 0.25) is 0 Å². The van der Waals surface area contributed by atoms with Gasteiger partial charge in [-0.15, -0.1) is 0 Å². The number of ether oxygens (including phenoxy) is 1. The number of aromatic nitrogens is 2. The van der Waals surface area contributed by atoms with Crippen LogP contribution in [0, 0.1) is 0 Å². The second-order valence-corrected chi connectivity index (χ2v) is 7.58. The Balaban J connectivity index is 1.30. The first-order chi connectivity index (χ1) is 13.6. The molecule has 4 rings (SSSR count). The third-order valence-corrected chi connectivity index (χ3v) is 5.57. The van der Waals surface area contributed by atoms with E-state index in [4.69, 9.17) is 4.74 Å². The van der Waals surface area contributed by atoms with Crippen LogP contribution in [0.4, 0.5) is 4.79 Å². The van der Waals surface area contributed by atoms with Crippen LogP contribution in [0.25, 0.3) is 10.9 Å². The van der Waals surface area contributed by atoms with Gasteiger partial charge in [-0.2, -0.15) is 0 Å². The van der Waals surface area contributed by atoms with E-state index in [0.29, 0.717) is 36.4 Å². The zero-order chi connectivity index (χ0) is 19.5. The van der Waals surface area contributed by atoms with Gasteiger partial charge >= 0.3 is 6.03 Å². The number of fused-ring (bicyclic) bond motifs is 1. The van der Waals surface area contributed by atoms with Crippen LogP contribution in [0.3, 0.4) is 0 Å². The van der Waals surface area contributed by atoms with Crippen molar-refractivity contribution in [1.82, 2.24) is 25.1 Å². The molecule has 2 aliphatic heterocycles. The molecule has 1 aromatic carbocycles. The standard InChI is InChI=1S/C20H27N5O3/c1-14(17-7-4-12-28-17)21-20(27)25-10-8-24(9-11-25)13-18-22-16-6-3-2-5-15(16)19(26)23-18/h2-3,5-6,14,17H,4,7-13H2,1H3,(H,21,27)(H,22,23,26). The third kappa shape index (κ3) is 4.18. The van der Waals surface area contributed by atoms with Gasteiger partial charge in [0, 0.05) is 32.8 Å². The first-order valence-corrected chi connectivity index (χ1v) is 9.97. The predicted octanol–water partition coefficient (Wildman–Crippen LogP) is 1.32. The molecule has 2 fully saturated rings. The Bertz CT molecular complexity index is 885. The minimum atomic E-state index is -0.110. The Morgan fingerprint density at radius 1 is 1.32 bits per heavy atom. The Morgan fingerprint density at radius 2 is 2.11 bits per heavy atom. The van der Waals surface area contributed by atoms with E-state index in [1.165, 1.54) is 0 Å². The molecular formula is C20H27N5O3. The van der Waals surface area contributed by atoms with Gasteiger partial charge in [-0.25, -0.2) is 9.78 Å². The molecule has 0 aliphatic carbocycles. The summed E-state index contributed by atoms with van der Waals surface area (Å²) in [5.74, 6) is 0.661. The summed E-state index contributed by atoms with van der Waals surface area (Å²) in [6.45, 7) is 6.17. The van der Waals surface area contributed by atoms with Crippen molar-refractivity contribution < 1.29 is 9.53 Å². The van der Waals surface area contributed by atoms with E-state index in [9.17, 15) is 9.59 Å². The average molecular weight is 385 g/mol. The quantitative estimate of drug-likeness (QED) is 0.828. The van der Waals surface area contributed by atoms with Crippen molar-refractivity contribution in [3.63, 3.8) is 0 Å². The number of carbonyl (C=O) groups excluding carboxylic acids is 1. The van der Waals surface area contributed by atoms with Crippen molar-refractivity contribution in [1.29, 1.82) is 0 Å². The first kappa shape index (κ1) is 18.9. The number of rotatable bonds is 4. The van der Waals surface area contributed by atoms with Crippen molar-refractivity contribution >= 4 is 16.9 Å². The fraction of sp³-hybridized carbons (Fsp3) is 0.550. The summed E-state index contributed by atoms with van der Waals surface area (Å²) >= 11 is 0. The van der Waals surface area contributed by atoms with Crippen LogP contribution in [0.15, 0.2) is 29.1 Å². The Morgan fingerprint density at radius 3 is 2.86 bits per heavy atom. The van der Waals surface area contributed by atoms with Gasteiger partial charge in [0.1, 0.15) is 5.82 Å². The lowest BCUT2D eigenvalue weighted by molar-refractivity contribution is 0.0799. The van der Waals surface area contributed by atoms with Gasteiger partial charge < -0.3 is 19.9 Å². The highest BCUT2D eigenvalue weighted by atomic mass is 16.5. The van der Waals surface area contributed by atoms with E-state index in [1.54, 1.807) is 6.07 Å². The summed E-state index contributed by atoms with van der Waals surface area (Å²) in [7, 11) is 0. The molecule has 2 N–H and O–H groups in total. The number of hydrogen-bond donors (Lipinski definition) is 2. The molecule has 1 aromatic heterocycles. The summed E-state index contributed by atoms with van der Waals surface area (Å²) in [4.78, 5) is 36.2. The number of H-pyrrole nitrogens is 1. The lowest BCUT2D eigenvalue weighted by Gasteiger charge is -2.35. The number of amides is 2. The summed E-state index contributed by atoms with van der Waals surface area (Å²) in [6.07, 6.45) is 2.20. The number of urea groups is 1. The fourth-order valence-corrected chi connectivity index (χ4v) is 3.91. The Kier molecular flexibility index (Phi) is 5.59. The summed E-state index contributed by atoms with van der Waals surface area (Å²) < 4.78 is 5.65. The van der Waals surface area contributed by atoms with Crippen molar-refractivity contribution in [2.24, 2.45) is 0 Å². The number of para-hydroxylation sites is 1. The van der Waals surface area contributed by atoms with Gasteiger partial charge in [0.15, 0.2) is 0 Å². The van der Waals surface area contributed by atoms with Crippen LogP contribution in [-0.2, 0) is 11.3 Å². The fourth-order valence-electron chi connectivity index (χ4n) is 3.91. The normalized spacial score (nSPS) is 21.8. The number of hydrogen-bond acceptors (Lipinski definition) is 5. The number of carbonyl (C=O) groups is 1. The van der Waals surface area contributed by atoms with Crippen LogP contribution in [0.5, 0.6) is 0 Å². The molecule has 0 radical (unpaired) electrons. The molecule has 2 amide bonds. The topological polar surface area (TPSA) is 90.6 Å². The SMILES string of the molecule is CC(NC(=O)N1CCN(Cc2nc3ccccc3c(=O)[nH]2)CC1)C1CCCO1.